The molecular weight excluding hydrogens is 442 g/mol. The molecule has 4 aromatic rings. The van der Waals surface area contributed by atoms with E-state index < -0.39 is 5.82 Å². The minimum Gasteiger partial charge on any atom is -0.493 e. The quantitative estimate of drug-likeness (QED) is 0.386. The van der Waals surface area contributed by atoms with Gasteiger partial charge < -0.3 is 14.8 Å². The number of methoxy groups -OCH3 is 1. The van der Waals surface area contributed by atoms with E-state index in [2.05, 4.69) is 20.3 Å². The Kier molecular flexibility index (Phi) is 7.44. The van der Waals surface area contributed by atoms with Crippen molar-refractivity contribution in [3.05, 3.63) is 77.6 Å². The fourth-order valence-corrected chi connectivity index (χ4v) is 3.14. The molecule has 4 rings (SSSR count). The summed E-state index contributed by atoms with van der Waals surface area (Å²) in [6, 6.07) is 11.8. The van der Waals surface area contributed by atoms with E-state index in [4.69, 9.17) is 21.1 Å². The summed E-state index contributed by atoms with van der Waals surface area (Å²) < 4.78 is 25.6. The van der Waals surface area contributed by atoms with Gasteiger partial charge in [-0.2, -0.15) is 0 Å². The number of pyridine rings is 1. The fourth-order valence-electron chi connectivity index (χ4n) is 2.98. The highest BCUT2D eigenvalue weighted by atomic mass is 35.5. The SMILES string of the molecule is COc1cc2c(Nc3ccc(Cl)cc3F)ncnc2cc1OCCc1cccnc1.Cl. The van der Waals surface area contributed by atoms with E-state index in [9.17, 15) is 4.39 Å². The van der Waals surface area contributed by atoms with Gasteiger partial charge in [-0.3, -0.25) is 4.98 Å². The second kappa shape index (κ2) is 10.2. The first-order chi connectivity index (χ1) is 14.6. The van der Waals surface area contributed by atoms with Crippen LogP contribution in [0.4, 0.5) is 15.9 Å². The Balaban J connectivity index is 0.00000272. The Morgan fingerprint density at radius 1 is 1.10 bits per heavy atom. The summed E-state index contributed by atoms with van der Waals surface area (Å²) in [7, 11) is 1.56. The molecule has 0 fully saturated rings. The average molecular weight is 461 g/mol. The summed E-state index contributed by atoms with van der Waals surface area (Å²) in [6.45, 7) is 0.458. The highest BCUT2D eigenvalue weighted by Gasteiger charge is 2.13. The molecule has 0 saturated carbocycles. The Bertz CT molecular complexity index is 1180. The largest absolute Gasteiger partial charge is 0.493 e. The van der Waals surface area contributed by atoms with Crippen molar-refractivity contribution >= 4 is 46.4 Å². The van der Waals surface area contributed by atoms with E-state index in [0.29, 0.717) is 46.3 Å². The molecule has 2 heterocycles. The molecule has 0 radical (unpaired) electrons. The van der Waals surface area contributed by atoms with E-state index in [0.717, 1.165) is 5.56 Å². The van der Waals surface area contributed by atoms with Crippen LogP contribution in [0.2, 0.25) is 5.02 Å². The summed E-state index contributed by atoms with van der Waals surface area (Å²) >= 11 is 5.83. The van der Waals surface area contributed by atoms with Gasteiger partial charge in [-0.05, 0) is 35.9 Å². The van der Waals surface area contributed by atoms with Crippen LogP contribution < -0.4 is 14.8 Å². The highest BCUT2D eigenvalue weighted by Crippen LogP contribution is 2.35. The standard InChI is InChI=1S/C22H18ClFN4O2.ClH/c1-29-20-10-16-19(11-21(20)30-8-6-14-3-2-7-25-12-14)26-13-27-22(16)28-18-5-4-15(23)9-17(18)24;/h2-5,7,9-13H,6,8H2,1H3,(H,26,27,28);1H. The summed E-state index contributed by atoms with van der Waals surface area (Å²) in [5.41, 5.74) is 1.98. The Hall–Kier alpha value is -3.16. The second-order valence-corrected chi connectivity index (χ2v) is 6.89. The molecule has 2 aromatic heterocycles. The van der Waals surface area contributed by atoms with E-state index in [-0.39, 0.29) is 18.1 Å². The zero-order valence-corrected chi connectivity index (χ0v) is 18.1. The van der Waals surface area contributed by atoms with Crippen LogP contribution in [-0.4, -0.2) is 28.7 Å². The molecule has 0 amide bonds. The van der Waals surface area contributed by atoms with Crippen molar-refractivity contribution < 1.29 is 13.9 Å². The molecule has 0 spiro atoms. The molecule has 0 aliphatic rings. The fraction of sp³-hybridized carbons (Fsp3) is 0.136. The van der Waals surface area contributed by atoms with Crippen LogP contribution in [0.25, 0.3) is 10.9 Å². The Morgan fingerprint density at radius 3 is 2.71 bits per heavy atom. The molecular formula is C22H19Cl2FN4O2. The highest BCUT2D eigenvalue weighted by molar-refractivity contribution is 6.30. The molecule has 6 nitrogen and oxygen atoms in total. The van der Waals surface area contributed by atoms with E-state index >= 15 is 0 Å². The normalized spacial score (nSPS) is 10.4. The van der Waals surface area contributed by atoms with Crippen LogP contribution in [0.5, 0.6) is 11.5 Å². The van der Waals surface area contributed by atoms with Crippen molar-refractivity contribution in [3.63, 3.8) is 0 Å². The van der Waals surface area contributed by atoms with Gasteiger partial charge in [-0.15, -0.1) is 12.4 Å². The predicted molar refractivity (Wildman–Crippen MR) is 121 cm³/mol. The minimum absolute atomic E-state index is 0. The number of nitrogens with zero attached hydrogens (tertiary/aromatic N) is 3. The number of halogens is 3. The van der Waals surface area contributed by atoms with Crippen LogP contribution in [-0.2, 0) is 6.42 Å². The number of nitrogens with one attached hydrogen (secondary N) is 1. The third-order valence-electron chi connectivity index (χ3n) is 4.48. The van der Waals surface area contributed by atoms with Gasteiger partial charge in [0.2, 0.25) is 0 Å². The van der Waals surface area contributed by atoms with E-state index in [1.165, 1.54) is 12.4 Å². The first kappa shape index (κ1) is 22.5. The van der Waals surface area contributed by atoms with Gasteiger partial charge >= 0.3 is 0 Å². The first-order valence-electron chi connectivity index (χ1n) is 9.20. The van der Waals surface area contributed by atoms with Crippen molar-refractivity contribution in [2.24, 2.45) is 0 Å². The van der Waals surface area contributed by atoms with Gasteiger partial charge in [0.15, 0.2) is 11.5 Å². The summed E-state index contributed by atoms with van der Waals surface area (Å²) in [5, 5.41) is 3.98. The molecule has 31 heavy (non-hydrogen) atoms. The molecule has 2 aromatic carbocycles. The third-order valence-corrected chi connectivity index (χ3v) is 4.71. The number of fused-ring (bicyclic) bond motifs is 1. The molecule has 1 N–H and O–H groups in total. The van der Waals surface area contributed by atoms with E-state index in [1.807, 2.05) is 18.3 Å². The van der Waals surface area contributed by atoms with Crippen molar-refractivity contribution in [2.75, 3.05) is 19.0 Å². The average Bonchev–Trinajstić information content (AvgIpc) is 2.76. The number of rotatable bonds is 7. The van der Waals surface area contributed by atoms with Gasteiger partial charge in [0.05, 0.1) is 24.9 Å². The summed E-state index contributed by atoms with van der Waals surface area (Å²) in [5.74, 6) is 1.07. The van der Waals surface area contributed by atoms with Crippen molar-refractivity contribution in [1.82, 2.24) is 15.0 Å². The van der Waals surface area contributed by atoms with Crippen LogP contribution in [0.3, 0.4) is 0 Å². The van der Waals surface area contributed by atoms with Crippen LogP contribution in [0.1, 0.15) is 5.56 Å². The van der Waals surface area contributed by atoms with Gasteiger partial charge in [0.1, 0.15) is 18.0 Å². The maximum absolute atomic E-state index is 14.2. The van der Waals surface area contributed by atoms with Crippen LogP contribution in [0, 0.1) is 5.82 Å². The lowest BCUT2D eigenvalue weighted by Crippen LogP contribution is -2.04. The molecule has 160 valence electrons. The van der Waals surface area contributed by atoms with Gasteiger partial charge in [0.25, 0.3) is 0 Å². The topological polar surface area (TPSA) is 69.2 Å². The van der Waals surface area contributed by atoms with Crippen LogP contribution in [0.15, 0.2) is 61.2 Å². The number of aromatic nitrogens is 3. The minimum atomic E-state index is -0.475. The predicted octanol–water partition coefficient (Wildman–Crippen LogP) is 5.61. The maximum atomic E-state index is 14.2. The van der Waals surface area contributed by atoms with Gasteiger partial charge in [-0.1, -0.05) is 17.7 Å². The monoisotopic (exact) mass is 460 g/mol. The summed E-state index contributed by atoms with van der Waals surface area (Å²) in [4.78, 5) is 12.7. The molecule has 0 aliphatic heterocycles. The first-order valence-corrected chi connectivity index (χ1v) is 9.58. The van der Waals surface area contributed by atoms with Crippen molar-refractivity contribution in [2.45, 2.75) is 6.42 Å². The van der Waals surface area contributed by atoms with E-state index in [1.54, 1.807) is 37.6 Å². The van der Waals surface area contributed by atoms with Crippen LogP contribution >= 0.6 is 24.0 Å². The zero-order chi connectivity index (χ0) is 20.9. The number of anilines is 2. The van der Waals surface area contributed by atoms with Gasteiger partial charge in [0, 0.05) is 35.3 Å². The molecule has 0 aliphatic carbocycles. The lowest BCUT2D eigenvalue weighted by Gasteiger charge is -2.14. The van der Waals surface area contributed by atoms with Gasteiger partial charge in [-0.25, -0.2) is 14.4 Å². The number of benzene rings is 2. The molecule has 0 atom stereocenters. The Morgan fingerprint density at radius 2 is 1.97 bits per heavy atom. The third kappa shape index (κ3) is 5.31. The number of hydrogen-bond acceptors (Lipinski definition) is 6. The Labute approximate surface area is 189 Å². The smallest absolute Gasteiger partial charge is 0.163 e. The number of ether oxygens (including phenoxy) is 2. The van der Waals surface area contributed by atoms with Crippen molar-refractivity contribution in [1.29, 1.82) is 0 Å². The molecule has 0 unspecified atom stereocenters. The molecule has 0 saturated heterocycles. The van der Waals surface area contributed by atoms with Crippen molar-refractivity contribution in [3.8, 4) is 11.5 Å². The lowest BCUT2D eigenvalue weighted by atomic mass is 10.2. The lowest BCUT2D eigenvalue weighted by molar-refractivity contribution is 0.298. The molecule has 9 heteroatoms. The summed E-state index contributed by atoms with van der Waals surface area (Å²) in [6.07, 6.45) is 5.66. The second-order valence-electron chi connectivity index (χ2n) is 6.45. The maximum Gasteiger partial charge on any atom is 0.163 e. The number of hydrogen-bond donors (Lipinski definition) is 1. The molecule has 0 bridgehead atoms. The zero-order valence-electron chi connectivity index (χ0n) is 16.5.